The molecule has 1 amide bonds. The average molecular weight is 279 g/mol. The molecule has 3 nitrogen and oxygen atoms in total. The van der Waals surface area contributed by atoms with Crippen LogP contribution in [0.4, 0.5) is 4.39 Å². The zero-order chi connectivity index (χ0) is 13.7. The van der Waals surface area contributed by atoms with Gasteiger partial charge in [-0.1, -0.05) is 0 Å². The van der Waals surface area contributed by atoms with Gasteiger partial charge in [0, 0.05) is 12.1 Å². The van der Waals surface area contributed by atoms with Gasteiger partial charge >= 0.3 is 0 Å². The molecular formula is C14H14FNO2S. The number of benzene rings is 1. The van der Waals surface area contributed by atoms with Crippen molar-refractivity contribution in [2.75, 3.05) is 6.54 Å². The summed E-state index contributed by atoms with van der Waals surface area (Å²) in [5.74, 6) is 0.245. The topological polar surface area (TPSA) is 38.3 Å². The van der Waals surface area contributed by atoms with Crippen LogP contribution in [-0.2, 0) is 6.61 Å². The van der Waals surface area contributed by atoms with Gasteiger partial charge < -0.3 is 10.1 Å². The number of ether oxygens (including phenoxy) is 1. The normalized spacial score (nSPS) is 10.2. The van der Waals surface area contributed by atoms with Crippen LogP contribution in [0.1, 0.15) is 22.2 Å². The predicted molar refractivity (Wildman–Crippen MR) is 73.1 cm³/mol. The van der Waals surface area contributed by atoms with Crippen LogP contribution >= 0.6 is 11.3 Å². The van der Waals surface area contributed by atoms with Gasteiger partial charge in [0.15, 0.2) is 0 Å². The molecule has 0 aliphatic heterocycles. The van der Waals surface area contributed by atoms with Gasteiger partial charge in [-0.3, -0.25) is 4.79 Å². The van der Waals surface area contributed by atoms with Crippen molar-refractivity contribution in [2.45, 2.75) is 13.5 Å². The second-order valence-corrected chi connectivity index (χ2v) is 4.83. The summed E-state index contributed by atoms with van der Waals surface area (Å²) in [6.45, 7) is 2.85. The molecule has 0 unspecified atom stereocenters. The molecule has 0 saturated heterocycles. The summed E-state index contributed by atoms with van der Waals surface area (Å²) in [5, 5.41) is 4.63. The number of hydrogen-bond donors (Lipinski definition) is 1. The smallest absolute Gasteiger partial charge is 0.261 e. The van der Waals surface area contributed by atoms with Crippen LogP contribution in [0.2, 0.25) is 0 Å². The maximum Gasteiger partial charge on any atom is 0.261 e. The highest BCUT2D eigenvalue weighted by atomic mass is 32.1. The van der Waals surface area contributed by atoms with Gasteiger partial charge in [-0.05, 0) is 42.6 Å². The van der Waals surface area contributed by atoms with E-state index in [4.69, 9.17) is 4.74 Å². The van der Waals surface area contributed by atoms with E-state index in [9.17, 15) is 9.18 Å². The summed E-state index contributed by atoms with van der Waals surface area (Å²) in [5.41, 5.74) is 0.926. The maximum atomic E-state index is 12.7. The van der Waals surface area contributed by atoms with Crippen LogP contribution in [0.5, 0.6) is 5.75 Å². The fourth-order valence-electron chi connectivity index (χ4n) is 1.52. The number of thiophene rings is 1. The number of halogens is 1. The standard InChI is InChI=1S/C14H14FNO2S/c1-2-16-14(17)13-7-10(9-19-13)8-18-12-5-3-11(15)4-6-12/h3-7,9H,2,8H2,1H3,(H,16,17). The largest absolute Gasteiger partial charge is 0.489 e. The van der Waals surface area contributed by atoms with E-state index in [1.54, 1.807) is 18.2 Å². The third-order valence-corrected chi connectivity index (χ3v) is 3.41. The molecule has 0 saturated carbocycles. The van der Waals surface area contributed by atoms with Crippen LogP contribution in [0.3, 0.4) is 0 Å². The Hall–Kier alpha value is -1.88. The van der Waals surface area contributed by atoms with Crippen molar-refractivity contribution in [2.24, 2.45) is 0 Å². The van der Waals surface area contributed by atoms with Crippen LogP contribution < -0.4 is 10.1 Å². The quantitative estimate of drug-likeness (QED) is 0.912. The van der Waals surface area contributed by atoms with Crippen molar-refractivity contribution in [3.05, 3.63) is 52.0 Å². The second-order valence-electron chi connectivity index (χ2n) is 3.92. The fourth-order valence-corrected chi connectivity index (χ4v) is 2.33. The van der Waals surface area contributed by atoms with Crippen molar-refractivity contribution in [3.63, 3.8) is 0 Å². The van der Waals surface area contributed by atoms with E-state index in [0.29, 0.717) is 23.8 Å². The molecule has 0 fully saturated rings. The van der Waals surface area contributed by atoms with Gasteiger partial charge in [-0.2, -0.15) is 0 Å². The number of nitrogens with one attached hydrogen (secondary N) is 1. The first-order chi connectivity index (χ1) is 9.19. The van der Waals surface area contributed by atoms with Gasteiger partial charge in [-0.25, -0.2) is 4.39 Å². The van der Waals surface area contributed by atoms with Crippen LogP contribution in [-0.4, -0.2) is 12.5 Å². The molecule has 2 aromatic rings. The molecule has 1 aromatic heterocycles. The lowest BCUT2D eigenvalue weighted by Crippen LogP contribution is -2.21. The monoisotopic (exact) mass is 279 g/mol. The molecule has 0 aliphatic rings. The van der Waals surface area contributed by atoms with Crippen molar-refractivity contribution >= 4 is 17.2 Å². The highest BCUT2D eigenvalue weighted by Gasteiger charge is 2.08. The van der Waals surface area contributed by atoms with Gasteiger partial charge in [0.2, 0.25) is 0 Å². The summed E-state index contributed by atoms with van der Waals surface area (Å²) in [6.07, 6.45) is 0. The SMILES string of the molecule is CCNC(=O)c1cc(COc2ccc(F)cc2)cs1. The third kappa shape index (κ3) is 3.79. The summed E-state index contributed by atoms with van der Waals surface area (Å²) in [4.78, 5) is 12.3. The Kier molecular flexibility index (Phi) is 4.52. The lowest BCUT2D eigenvalue weighted by Gasteiger charge is -2.04. The molecule has 5 heteroatoms. The average Bonchev–Trinajstić information content (AvgIpc) is 2.87. The molecule has 0 radical (unpaired) electrons. The molecule has 19 heavy (non-hydrogen) atoms. The van der Waals surface area contributed by atoms with Crippen molar-refractivity contribution in [3.8, 4) is 5.75 Å². The van der Waals surface area contributed by atoms with E-state index in [0.717, 1.165) is 5.56 Å². The Labute approximate surface area is 115 Å². The van der Waals surface area contributed by atoms with Crippen LogP contribution in [0.25, 0.3) is 0 Å². The Morgan fingerprint density at radius 3 is 2.79 bits per heavy atom. The zero-order valence-electron chi connectivity index (χ0n) is 10.5. The van der Waals surface area contributed by atoms with E-state index in [1.165, 1.54) is 23.5 Å². The van der Waals surface area contributed by atoms with Crippen molar-refractivity contribution < 1.29 is 13.9 Å². The highest BCUT2D eigenvalue weighted by Crippen LogP contribution is 2.18. The number of rotatable bonds is 5. The second kappa shape index (κ2) is 6.33. The number of carbonyl (C=O) groups excluding carboxylic acids is 1. The van der Waals surface area contributed by atoms with E-state index in [1.807, 2.05) is 12.3 Å². The fraction of sp³-hybridized carbons (Fsp3) is 0.214. The molecular weight excluding hydrogens is 265 g/mol. The van der Waals surface area contributed by atoms with Crippen LogP contribution in [0.15, 0.2) is 35.7 Å². The van der Waals surface area contributed by atoms with E-state index >= 15 is 0 Å². The summed E-state index contributed by atoms with van der Waals surface area (Å²) in [7, 11) is 0. The van der Waals surface area contributed by atoms with Crippen molar-refractivity contribution in [1.82, 2.24) is 5.32 Å². The summed E-state index contributed by atoms with van der Waals surface area (Å²) >= 11 is 1.38. The molecule has 0 bridgehead atoms. The molecule has 1 N–H and O–H groups in total. The van der Waals surface area contributed by atoms with Crippen LogP contribution in [0, 0.1) is 5.82 Å². The molecule has 0 atom stereocenters. The first kappa shape index (κ1) is 13.5. The van der Waals surface area contributed by atoms with E-state index in [2.05, 4.69) is 5.32 Å². The summed E-state index contributed by atoms with van der Waals surface area (Å²) in [6, 6.07) is 7.66. The number of hydrogen-bond acceptors (Lipinski definition) is 3. The molecule has 1 heterocycles. The minimum atomic E-state index is -0.290. The van der Waals surface area contributed by atoms with Gasteiger partial charge in [0.05, 0.1) is 4.88 Å². The third-order valence-electron chi connectivity index (χ3n) is 2.43. The Morgan fingerprint density at radius 2 is 2.11 bits per heavy atom. The van der Waals surface area contributed by atoms with E-state index in [-0.39, 0.29) is 11.7 Å². The van der Waals surface area contributed by atoms with Gasteiger partial charge in [0.1, 0.15) is 18.2 Å². The molecule has 100 valence electrons. The molecule has 0 aliphatic carbocycles. The first-order valence-corrected chi connectivity index (χ1v) is 6.81. The summed E-state index contributed by atoms with van der Waals surface area (Å²) < 4.78 is 18.2. The number of carbonyl (C=O) groups is 1. The Morgan fingerprint density at radius 1 is 1.37 bits per heavy atom. The predicted octanol–water partition coefficient (Wildman–Crippen LogP) is 3.22. The molecule has 2 rings (SSSR count). The Balaban J connectivity index is 1.93. The molecule has 1 aromatic carbocycles. The van der Waals surface area contributed by atoms with Gasteiger partial charge in [0.25, 0.3) is 5.91 Å². The first-order valence-electron chi connectivity index (χ1n) is 5.93. The molecule has 0 spiro atoms. The Bertz CT molecular complexity index is 551. The highest BCUT2D eigenvalue weighted by molar-refractivity contribution is 7.12. The zero-order valence-corrected chi connectivity index (χ0v) is 11.3. The lowest BCUT2D eigenvalue weighted by atomic mass is 10.3. The van der Waals surface area contributed by atoms with E-state index < -0.39 is 0 Å². The van der Waals surface area contributed by atoms with Gasteiger partial charge in [-0.15, -0.1) is 11.3 Å². The number of amides is 1. The minimum absolute atomic E-state index is 0.0690. The van der Waals surface area contributed by atoms with Crippen molar-refractivity contribution in [1.29, 1.82) is 0 Å². The maximum absolute atomic E-state index is 12.7. The lowest BCUT2D eigenvalue weighted by molar-refractivity contribution is 0.0960. The minimum Gasteiger partial charge on any atom is -0.489 e.